The molecule has 0 aliphatic heterocycles. The molecule has 2 rings (SSSR count). The van der Waals surface area contributed by atoms with Gasteiger partial charge in [-0.05, 0) is 30.3 Å². The minimum absolute atomic E-state index is 0.0160. The van der Waals surface area contributed by atoms with Crippen molar-refractivity contribution >= 4 is 0 Å². The van der Waals surface area contributed by atoms with Crippen molar-refractivity contribution in [3.05, 3.63) is 59.7 Å². The summed E-state index contributed by atoms with van der Waals surface area (Å²) in [6.45, 7) is 0. The quantitative estimate of drug-likeness (QED) is 0.664. The minimum Gasteiger partial charge on any atom is -0.457 e. The second kappa shape index (κ2) is 5.31. The highest BCUT2D eigenvalue weighted by Gasteiger charge is 2.38. The predicted molar refractivity (Wildman–Crippen MR) is 63.0 cm³/mol. The largest absolute Gasteiger partial charge is 0.457 e. The van der Waals surface area contributed by atoms with E-state index in [2.05, 4.69) is 0 Å². The van der Waals surface area contributed by atoms with Crippen molar-refractivity contribution in [1.29, 1.82) is 0 Å². The van der Waals surface area contributed by atoms with Crippen LogP contribution in [-0.4, -0.2) is 0 Å². The van der Waals surface area contributed by atoms with Crippen LogP contribution in [0.1, 0.15) is 11.1 Å². The summed E-state index contributed by atoms with van der Waals surface area (Å²) in [5, 5.41) is 0. The van der Waals surface area contributed by atoms with Gasteiger partial charge in [-0.1, -0.05) is 18.2 Å². The van der Waals surface area contributed by atoms with Crippen molar-refractivity contribution in [1.82, 2.24) is 0 Å². The van der Waals surface area contributed by atoms with Crippen molar-refractivity contribution in [2.24, 2.45) is 0 Å². The molecule has 0 bridgehead atoms. The van der Waals surface area contributed by atoms with E-state index in [4.69, 9.17) is 4.74 Å². The van der Waals surface area contributed by atoms with E-state index in [0.717, 1.165) is 0 Å². The highest BCUT2D eigenvalue weighted by molar-refractivity contribution is 5.43. The molecule has 0 fully saturated rings. The first kappa shape index (κ1) is 15.2. The Morgan fingerprint density at radius 2 is 1.33 bits per heavy atom. The van der Waals surface area contributed by atoms with Crippen LogP contribution in [0.15, 0.2) is 48.5 Å². The van der Waals surface area contributed by atoms with Crippen LogP contribution in [0.4, 0.5) is 26.3 Å². The molecule has 0 aromatic heterocycles. The van der Waals surface area contributed by atoms with Gasteiger partial charge in [-0.25, -0.2) is 0 Å². The van der Waals surface area contributed by atoms with Gasteiger partial charge in [-0.15, -0.1) is 0 Å². The molecule has 0 N–H and O–H groups in total. The van der Waals surface area contributed by atoms with Crippen LogP contribution in [0.3, 0.4) is 0 Å². The highest BCUT2D eigenvalue weighted by Crippen LogP contribution is 2.41. The van der Waals surface area contributed by atoms with E-state index in [1.807, 2.05) is 0 Å². The molecule has 0 radical (unpaired) electrons. The topological polar surface area (TPSA) is 9.23 Å². The Morgan fingerprint density at radius 1 is 0.714 bits per heavy atom. The van der Waals surface area contributed by atoms with Gasteiger partial charge >= 0.3 is 12.4 Å². The molecule has 0 atom stereocenters. The maximum absolute atomic E-state index is 12.8. The number of ether oxygens (including phenoxy) is 1. The van der Waals surface area contributed by atoms with Crippen LogP contribution >= 0.6 is 0 Å². The number of hydrogen-bond acceptors (Lipinski definition) is 1. The average molecular weight is 306 g/mol. The molecule has 0 amide bonds. The van der Waals surface area contributed by atoms with Crippen molar-refractivity contribution < 1.29 is 31.1 Å². The number of alkyl halides is 6. The Labute approximate surface area is 115 Å². The molecule has 0 saturated carbocycles. The lowest BCUT2D eigenvalue weighted by atomic mass is 10.1. The molecular formula is C14H8F6O. The summed E-state index contributed by atoms with van der Waals surface area (Å²) in [5.74, 6) is -0.870. The molecule has 7 heteroatoms. The van der Waals surface area contributed by atoms with Crippen LogP contribution in [0.5, 0.6) is 11.5 Å². The summed E-state index contributed by atoms with van der Waals surface area (Å²) in [4.78, 5) is 0. The first-order valence-corrected chi connectivity index (χ1v) is 5.69. The summed E-state index contributed by atoms with van der Waals surface area (Å²) in [5.41, 5.74) is -2.47. The molecule has 21 heavy (non-hydrogen) atoms. The van der Waals surface area contributed by atoms with Gasteiger partial charge in [0, 0.05) is 0 Å². The minimum atomic E-state index is -4.81. The highest BCUT2D eigenvalue weighted by atomic mass is 19.4. The van der Waals surface area contributed by atoms with Gasteiger partial charge in [0.25, 0.3) is 0 Å². The van der Waals surface area contributed by atoms with Gasteiger partial charge in [0.2, 0.25) is 0 Å². The van der Waals surface area contributed by atoms with Crippen LogP contribution in [0.25, 0.3) is 0 Å². The van der Waals surface area contributed by atoms with E-state index in [0.29, 0.717) is 18.2 Å². The number of rotatable bonds is 2. The van der Waals surface area contributed by atoms with Gasteiger partial charge in [0.1, 0.15) is 11.5 Å². The standard InChI is InChI=1S/C14H8F6O/c15-13(16,17)9-6-7-11(14(18,19)20)12(8-9)21-10-4-2-1-3-5-10/h1-8H. The van der Waals surface area contributed by atoms with E-state index in [9.17, 15) is 26.3 Å². The zero-order valence-electron chi connectivity index (χ0n) is 10.3. The van der Waals surface area contributed by atoms with E-state index in [1.54, 1.807) is 6.07 Å². The lowest BCUT2D eigenvalue weighted by molar-refractivity contribution is -0.142. The van der Waals surface area contributed by atoms with Crippen LogP contribution < -0.4 is 4.74 Å². The first-order chi connectivity index (χ1) is 9.68. The number of benzene rings is 2. The maximum atomic E-state index is 12.8. The second-order valence-corrected chi connectivity index (χ2v) is 4.12. The summed E-state index contributed by atoms with van der Waals surface area (Å²) in [6.07, 6.45) is -9.56. The van der Waals surface area contributed by atoms with Gasteiger partial charge < -0.3 is 4.74 Å². The third-order valence-electron chi connectivity index (χ3n) is 2.59. The first-order valence-electron chi connectivity index (χ1n) is 5.69. The van der Waals surface area contributed by atoms with Crippen molar-refractivity contribution in [3.8, 4) is 11.5 Å². The molecule has 0 aliphatic rings. The van der Waals surface area contributed by atoms with Crippen LogP contribution in [-0.2, 0) is 12.4 Å². The number of para-hydroxylation sites is 1. The zero-order valence-corrected chi connectivity index (χ0v) is 10.3. The molecule has 0 saturated heterocycles. The molecule has 0 spiro atoms. The monoisotopic (exact) mass is 306 g/mol. The number of halogens is 6. The zero-order chi connectivity index (χ0) is 15.7. The van der Waals surface area contributed by atoms with E-state index < -0.39 is 29.2 Å². The normalized spacial score (nSPS) is 12.3. The Hall–Kier alpha value is -2.18. The second-order valence-electron chi connectivity index (χ2n) is 4.12. The summed E-state index contributed by atoms with van der Waals surface area (Å²) in [7, 11) is 0. The van der Waals surface area contributed by atoms with E-state index in [-0.39, 0.29) is 5.75 Å². The molecule has 112 valence electrons. The fourth-order valence-corrected chi connectivity index (χ4v) is 1.63. The predicted octanol–water partition coefficient (Wildman–Crippen LogP) is 5.52. The van der Waals surface area contributed by atoms with E-state index >= 15 is 0 Å². The Bertz CT molecular complexity index is 616. The fourth-order valence-electron chi connectivity index (χ4n) is 1.63. The smallest absolute Gasteiger partial charge is 0.419 e. The fraction of sp³-hybridized carbons (Fsp3) is 0.143. The van der Waals surface area contributed by atoms with Crippen molar-refractivity contribution in [2.75, 3.05) is 0 Å². The van der Waals surface area contributed by atoms with Gasteiger partial charge in [-0.3, -0.25) is 0 Å². The molecule has 2 aromatic carbocycles. The van der Waals surface area contributed by atoms with Crippen LogP contribution in [0, 0.1) is 0 Å². The molecule has 0 unspecified atom stereocenters. The summed E-state index contributed by atoms with van der Waals surface area (Å²) >= 11 is 0. The van der Waals surface area contributed by atoms with Gasteiger partial charge in [0.05, 0.1) is 11.1 Å². The Kier molecular flexibility index (Phi) is 3.85. The number of hydrogen-bond donors (Lipinski definition) is 0. The van der Waals surface area contributed by atoms with Crippen molar-refractivity contribution in [2.45, 2.75) is 12.4 Å². The van der Waals surface area contributed by atoms with Gasteiger partial charge in [-0.2, -0.15) is 26.3 Å². The molecule has 1 nitrogen and oxygen atoms in total. The third kappa shape index (κ3) is 3.68. The molecule has 0 heterocycles. The lowest BCUT2D eigenvalue weighted by Crippen LogP contribution is -2.10. The summed E-state index contributed by atoms with van der Waals surface area (Å²) in [6, 6.07) is 8.37. The Balaban J connectivity index is 2.49. The lowest BCUT2D eigenvalue weighted by Gasteiger charge is -2.16. The van der Waals surface area contributed by atoms with Gasteiger partial charge in [0.15, 0.2) is 0 Å². The maximum Gasteiger partial charge on any atom is 0.419 e. The summed E-state index contributed by atoms with van der Waals surface area (Å²) < 4.78 is 81.2. The molecule has 2 aromatic rings. The average Bonchev–Trinajstić information content (AvgIpc) is 2.37. The third-order valence-corrected chi connectivity index (χ3v) is 2.59. The Morgan fingerprint density at radius 3 is 1.86 bits per heavy atom. The van der Waals surface area contributed by atoms with Crippen molar-refractivity contribution in [3.63, 3.8) is 0 Å². The molecule has 0 aliphatic carbocycles. The van der Waals surface area contributed by atoms with Crippen LogP contribution in [0.2, 0.25) is 0 Å². The SMILES string of the molecule is FC(F)(F)c1ccc(C(F)(F)F)c(Oc2ccccc2)c1. The van der Waals surface area contributed by atoms with E-state index in [1.165, 1.54) is 24.3 Å². The molecular weight excluding hydrogens is 298 g/mol.